The molecule has 0 aliphatic carbocycles. The van der Waals surface area contributed by atoms with Gasteiger partial charge in [0.2, 0.25) is 12.4 Å². The van der Waals surface area contributed by atoms with Crippen LogP contribution in [0.1, 0.15) is 32.3 Å². The molecule has 0 bridgehead atoms. The van der Waals surface area contributed by atoms with Gasteiger partial charge in [-0.2, -0.15) is 10.5 Å². The van der Waals surface area contributed by atoms with Crippen molar-refractivity contribution in [2.75, 3.05) is 7.11 Å². The third-order valence-corrected chi connectivity index (χ3v) is 7.03. The molecule has 1 fully saturated rings. The maximum absolute atomic E-state index is 12.1. The zero-order chi connectivity index (χ0) is 31.1. The Labute approximate surface area is 243 Å². The van der Waals surface area contributed by atoms with Crippen molar-refractivity contribution in [2.24, 2.45) is 5.73 Å². The van der Waals surface area contributed by atoms with E-state index in [2.05, 4.69) is 11.4 Å². The topological polar surface area (TPSA) is 230 Å². The molecule has 0 saturated carbocycles. The summed E-state index contributed by atoms with van der Waals surface area (Å²) in [7, 11) is 1.48. The first-order valence-corrected chi connectivity index (χ1v) is 13.0. The molecule has 2 heterocycles. The van der Waals surface area contributed by atoms with Crippen molar-refractivity contribution in [3.8, 4) is 17.9 Å². The number of esters is 3. The number of hydrogen-bond acceptors (Lipinski definition) is 15. The van der Waals surface area contributed by atoms with Crippen LogP contribution >= 0.6 is 11.8 Å². The number of ether oxygens (including phenoxy) is 6. The van der Waals surface area contributed by atoms with Gasteiger partial charge < -0.3 is 44.6 Å². The van der Waals surface area contributed by atoms with Crippen molar-refractivity contribution in [1.29, 1.82) is 10.5 Å². The second-order valence-corrected chi connectivity index (χ2v) is 9.83. The van der Waals surface area contributed by atoms with Crippen LogP contribution in [0.5, 0.6) is 5.75 Å². The lowest BCUT2D eigenvalue weighted by atomic mass is 9.84. The number of nitrogens with zero attached hydrogens (tertiary/aromatic N) is 2. The van der Waals surface area contributed by atoms with Crippen LogP contribution in [-0.4, -0.2) is 66.3 Å². The predicted molar refractivity (Wildman–Crippen MR) is 140 cm³/mol. The maximum Gasteiger partial charge on any atom is 0.506 e. The number of carbonyl (C=O) groups is 4. The maximum atomic E-state index is 12.1. The summed E-state index contributed by atoms with van der Waals surface area (Å²) in [6.07, 6.45) is -8.53. The van der Waals surface area contributed by atoms with Gasteiger partial charge in [-0.25, -0.2) is 4.79 Å². The van der Waals surface area contributed by atoms with Gasteiger partial charge in [0.25, 0.3) is 0 Å². The van der Waals surface area contributed by atoms with Gasteiger partial charge in [-0.3, -0.25) is 14.4 Å². The molecule has 1 aromatic rings. The van der Waals surface area contributed by atoms with E-state index < -0.39 is 60.0 Å². The highest BCUT2D eigenvalue weighted by molar-refractivity contribution is 8.03. The highest BCUT2D eigenvalue weighted by Crippen LogP contribution is 2.44. The highest BCUT2D eigenvalue weighted by Gasteiger charge is 2.54. The van der Waals surface area contributed by atoms with Crippen molar-refractivity contribution in [1.82, 2.24) is 5.32 Å². The van der Waals surface area contributed by atoms with Gasteiger partial charge in [0.1, 0.15) is 11.6 Å². The Kier molecular flexibility index (Phi) is 10.2. The fourth-order valence-electron chi connectivity index (χ4n) is 4.28. The number of methoxy groups -OCH3 is 1. The van der Waals surface area contributed by atoms with Crippen molar-refractivity contribution < 1.29 is 52.7 Å². The Balaban J connectivity index is 2.13. The van der Waals surface area contributed by atoms with Crippen LogP contribution in [0.3, 0.4) is 0 Å². The SMILES string of the molecule is COc1ccc(C2C(C#N)=C(N)NC(S[C@@H]3O[C@H](OC(C)=O)[C@@H](OC(=O)O)[C@H](OC(C)=O)[C@H]3OC(C)=O)=C2C#N)cc1. The molecule has 1 unspecified atom stereocenters. The summed E-state index contributed by atoms with van der Waals surface area (Å²) in [6.45, 7) is 3.10. The molecule has 0 radical (unpaired) electrons. The monoisotopic (exact) mass is 602 g/mol. The predicted octanol–water partition coefficient (Wildman–Crippen LogP) is 1.72. The summed E-state index contributed by atoms with van der Waals surface area (Å²) in [5.74, 6) is -3.14. The molecular weight excluding hydrogens is 576 g/mol. The lowest BCUT2D eigenvalue weighted by Gasteiger charge is -2.43. The first-order chi connectivity index (χ1) is 19.9. The molecule has 6 atom stereocenters. The number of dihydropyridines is 1. The van der Waals surface area contributed by atoms with Gasteiger partial charge in [-0.1, -0.05) is 23.9 Å². The van der Waals surface area contributed by atoms with Crippen molar-refractivity contribution in [2.45, 2.75) is 56.7 Å². The fourth-order valence-corrected chi connectivity index (χ4v) is 5.48. The molecule has 2 aliphatic heterocycles. The summed E-state index contributed by atoms with van der Waals surface area (Å²) < 4.78 is 31.6. The van der Waals surface area contributed by atoms with Crippen LogP contribution in [0, 0.1) is 22.7 Å². The lowest BCUT2D eigenvalue weighted by molar-refractivity contribution is -0.277. The number of thioether (sulfide) groups is 1. The molecule has 2 aliphatic rings. The minimum Gasteiger partial charge on any atom is -0.497 e. The number of nitriles is 2. The van der Waals surface area contributed by atoms with E-state index in [1.165, 1.54) is 7.11 Å². The van der Waals surface area contributed by atoms with Gasteiger partial charge >= 0.3 is 24.1 Å². The van der Waals surface area contributed by atoms with Crippen LogP contribution in [0.15, 0.2) is 46.3 Å². The van der Waals surface area contributed by atoms with Crippen LogP contribution in [0.25, 0.3) is 0 Å². The Morgan fingerprint density at radius 1 is 0.905 bits per heavy atom. The number of nitrogens with one attached hydrogen (secondary N) is 1. The van der Waals surface area contributed by atoms with Crippen LogP contribution in [-0.2, 0) is 38.1 Å². The van der Waals surface area contributed by atoms with E-state index in [-0.39, 0.29) is 22.0 Å². The molecule has 1 aromatic carbocycles. The zero-order valence-corrected chi connectivity index (χ0v) is 23.5. The fraction of sp³-hybridized carbons (Fsp3) is 0.385. The number of carboxylic acid groups (broad SMARTS) is 1. The third kappa shape index (κ3) is 7.22. The zero-order valence-electron chi connectivity index (χ0n) is 22.7. The number of allylic oxidation sites excluding steroid dienone is 2. The molecule has 0 aromatic heterocycles. The summed E-state index contributed by atoms with van der Waals surface area (Å²) in [5, 5.41) is 32.2. The second-order valence-electron chi connectivity index (χ2n) is 8.72. The van der Waals surface area contributed by atoms with E-state index in [4.69, 9.17) is 34.2 Å². The number of benzene rings is 1. The third-order valence-electron chi connectivity index (χ3n) is 5.86. The molecule has 3 rings (SSSR count). The quantitative estimate of drug-likeness (QED) is 0.284. The summed E-state index contributed by atoms with van der Waals surface area (Å²) in [5.41, 5.74) is 5.39. The van der Waals surface area contributed by atoms with Crippen LogP contribution < -0.4 is 15.8 Å². The van der Waals surface area contributed by atoms with E-state index in [0.29, 0.717) is 11.3 Å². The van der Waals surface area contributed by atoms with Crippen LogP contribution in [0.4, 0.5) is 4.79 Å². The normalized spacial score (nSPS) is 25.2. The Morgan fingerprint density at radius 3 is 1.98 bits per heavy atom. The van der Waals surface area contributed by atoms with E-state index in [1.807, 2.05) is 6.07 Å². The Morgan fingerprint density at radius 2 is 1.48 bits per heavy atom. The average molecular weight is 603 g/mol. The molecule has 4 N–H and O–H groups in total. The van der Waals surface area contributed by atoms with Gasteiger partial charge in [0.05, 0.1) is 41.3 Å². The van der Waals surface area contributed by atoms with Gasteiger partial charge in [0, 0.05) is 20.8 Å². The number of rotatable bonds is 8. The lowest BCUT2D eigenvalue weighted by Crippen LogP contribution is -2.61. The molecule has 42 heavy (non-hydrogen) atoms. The van der Waals surface area contributed by atoms with Gasteiger partial charge in [-0.05, 0) is 17.7 Å². The number of nitrogens with two attached hydrogens (primary N) is 1. The minimum absolute atomic E-state index is 0.0260. The van der Waals surface area contributed by atoms with Crippen molar-refractivity contribution in [3.05, 3.63) is 51.8 Å². The van der Waals surface area contributed by atoms with E-state index in [0.717, 1.165) is 32.5 Å². The standard InChI is InChI=1S/C26H26N4O11S/c1-11(31)37-19-20(40-26(34)35)24(39-13(3)33)41-25(21(19)38-12(2)32)42-23-17(10-28)18(16(9-27)22(29)30-23)14-5-7-15(36-4)8-6-14/h5-8,18-21,24-25,30H,29H2,1-4H3,(H,34,35)/t18?,19-,20-,21+,24-,25-/m0/s1. The first kappa shape index (κ1) is 31.6. The van der Waals surface area contributed by atoms with Crippen molar-refractivity contribution in [3.63, 3.8) is 0 Å². The average Bonchev–Trinajstić information content (AvgIpc) is 2.91. The molecular formula is C26H26N4O11S. The number of carbonyl (C=O) groups excluding carboxylic acids is 3. The Bertz CT molecular complexity index is 1400. The number of hydrogen-bond donors (Lipinski definition) is 3. The van der Waals surface area contributed by atoms with E-state index in [1.54, 1.807) is 24.3 Å². The van der Waals surface area contributed by atoms with Gasteiger partial charge in [0.15, 0.2) is 17.6 Å². The Hall–Kier alpha value is -4.93. The summed E-state index contributed by atoms with van der Waals surface area (Å²) in [6, 6.07) is 10.7. The minimum atomic E-state index is -1.82. The second kappa shape index (κ2) is 13.6. The molecule has 1 saturated heterocycles. The van der Waals surface area contributed by atoms with Gasteiger partial charge in [-0.15, -0.1) is 0 Å². The largest absolute Gasteiger partial charge is 0.506 e. The van der Waals surface area contributed by atoms with Crippen molar-refractivity contribution >= 4 is 35.8 Å². The van der Waals surface area contributed by atoms with Crippen LogP contribution in [0.2, 0.25) is 0 Å². The molecule has 222 valence electrons. The smallest absolute Gasteiger partial charge is 0.497 e. The molecule has 0 amide bonds. The van der Waals surface area contributed by atoms with E-state index >= 15 is 0 Å². The highest BCUT2D eigenvalue weighted by atomic mass is 32.2. The summed E-state index contributed by atoms with van der Waals surface area (Å²) >= 11 is 0.742. The summed E-state index contributed by atoms with van der Waals surface area (Å²) in [4.78, 5) is 47.4. The van der Waals surface area contributed by atoms with E-state index in [9.17, 15) is 34.8 Å². The molecule has 0 spiro atoms. The first-order valence-electron chi connectivity index (χ1n) is 12.1. The molecule has 16 heteroatoms. The molecule has 15 nitrogen and oxygen atoms in total.